The van der Waals surface area contributed by atoms with Crippen LogP contribution >= 0.6 is 0 Å². The Hall–Kier alpha value is -4.91. The van der Waals surface area contributed by atoms with E-state index >= 15 is 0 Å². The van der Waals surface area contributed by atoms with E-state index in [0.29, 0.717) is 25.2 Å². The molecule has 2 unspecified atom stereocenters. The number of fused-ring (bicyclic) bond motifs is 3. The number of halogens is 3. The summed E-state index contributed by atoms with van der Waals surface area (Å²) in [7, 11) is 1.58. The van der Waals surface area contributed by atoms with Crippen LogP contribution in [0.15, 0.2) is 57.9 Å². The number of carbonyl (C=O) groups excluding carboxylic acids is 3. The van der Waals surface area contributed by atoms with Gasteiger partial charge in [0, 0.05) is 44.1 Å². The third-order valence-electron chi connectivity index (χ3n) is 10.0. The zero-order valence-corrected chi connectivity index (χ0v) is 32.2. The monoisotopic (exact) mass is 801 g/mol. The van der Waals surface area contributed by atoms with Gasteiger partial charge in [0.05, 0.1) is 43.0 Å². The van der Waals surface area contributed by atoms with E-state index in [1.807, 2.05) is 13.0 Å². The van der Waals surface area contributed by atoms with Gasteiger partial charge in [-0.1, -0.05) is 34.7 Å². The van der Waals surface area contributed by atoms with E-state index in [0.717, 1.165) is 5.56 Å². The summed E-state index contributed by atoms with van der Waals surface area (Å²) >= 11 is -1.81. The maximum absolute atomic E-state index is 14.4. The number of aromatic nitrogens is 1. The lowest BCUT2D eigenvalue weighted by molar-refractivity contribution is -0.0899. The van der Waals surface area contributed by atoms with Gasteiger partial charge in [0.1, 0.15) is 45.7 Å². The summed E-state index contributed by atoms with van der Waals surface area (Å²) in [6.45, 7) is 6.39. The average molecular weight is 802 g/mol. The zero-order chi connectivity index (χ0) is 40.5. The van der Waals surface area contributed by atoms with Gasteiger partial charge in [0.2, 0.25) is 11.7 Å². The Bertz CT molecular complexity index is 2070. The fraction of sp³-hybridized carbons (Fsp3) is 0.447. The topological polar surface area (TPSA) is 173 Å². The summed E-state index contributed by atoms with van der Waals surface area (Å²) in [6.07, 6.45) is -0.768. The lowest BCUT2D eigenvalue weighted by Crippen LogP contribution is -2.61. The predicted molar refractivity (Wildman–Crippen MR) is 197 cm³/mol. The van der Waals surface area contributed by atoms with Crippen LogP contribution < -0.4 is 20.8 Å². The van der Waals surface area contributed by atoms with Crippen molar-refractivity contribution in [2.24, 2.45) is 4.40 Å². The van der Waals surface area contributed by atoms with E-state index in [4.69, 9.17) is 18.9 Å². The van der Waals surface area contributed by atoms with Crippen LogP contribution in [0.2, 0.25) is 0 Å². The molecule has 2 saturated heterocycles. The number of rotatable bonds is 9. The van der Waals surface area contributed by atoms with Crippen molar-refractivity contribution < 1.29 is 51.1 Å². The number of benzene rings is 2. The maximum Gasteiger partial charge on any atom is 0.408 e. The molecule has 2 N–H and O–H groups in total. The number of nitrogens with one attached hydrogen (secondary N) is 2. The second-order valence-corrected chi connectivity index (χ2v) is 16.7. The van der Waals surface area contributed by atoms with E-state index in [-0.39, 0.29) is 37.6 Å². The molecule has 0 spiro atoms. The highest BCUT2D eigenvalue weighted by atomic mass is 32.2. The molecule has 3 amide bonds. The van der Waals surface area contributed by atoms with Crippen LogP contribution in [0.25, 0.3) is 0 Å². The van der Waals surface area contributed by atoms with Crippen molar-refractivity contribution >= 4 is 35.0 Å². The Morgan fingerprint density at radius 1 is 1.11 bits per heavy atom. The van der Waals surface area contributed by atoms with Crippen molar-refractivity contribution in [3.63, 3.8) is 0 Å². The third kappa shape index (κ3) is 8.42. The second kappa shape index (κ2) is 16.3. The minimum Gasteiger partial charge on any atom is -0.591 e. The van der Waals surface area contributed by atoms with Crippen LogP contribution in [-0.2, 0) is 38.7 Å². The molecule has 4 heterocycles. The number of pyridine rings is 1. The summed E-state index contributed by atoms with van der Waals surface area (Å²) in [5, 5.41) is 4.99. The molecule has 2 aromatic carbocycles. The fourth-order valence-electron chi connectivity index (χ4n) is 6.58. The second-order valence-electron chi connectivity index (χ2n) is 14.8. The highest BCUT2D eigenvalue weighted by Gasteiger charge is 2.50. The predicted octanol–water partition coefficient (Wildman–Crippen LogP) is 4.32. The number of likely N-dealkylation sites (N-methyl/N-ethyl adjacent to an activating group) is 1. The molecule has 3 aromatic rings. The number of carbonyl (C=O) groups is 3. The van der Waals surface area contributed by atoms with E-state index in [9.17, 15) is 36.9 Å². The number of ether oxygens (including phenoxy) is 4. The lowest BCUT2D eigenvalue weighted by atomic mass is 9.82. The summed E-state index contributed by atoms with van der Waals surface area (Å²) < 4.78 is 83.9. The van der Waals surface area contributed by atoms with E-state index in [1.165, 1.54) is 15.7 Å². The minimum absolute atomic E-state index is 0.0211. The van der Waals surface area contributed by atoms with Crippen molar-refractivity contribution in [1.82, 2.24) is 20.1 Å². The van der Waals surface area contributed by atoms with Gasteiger partial charge in [0.15, 0.2) is 11.4 Å². The van der Waals surface area contributed by atoms with Crippen LogP contribution in [0.5, 0.6) is 5.75 Å². The molecule has 0 radical (unpaired) electrons. The van der Waals surface area contributed by atoms with Gasteiger partial charge in [0.25, 0.3) is 11.8 Å². The molecule has 300 valence electrons. The normalized spacial score (nSPS) is 23.5. The van der Waals surface area contributed by atoms with Gasteiger partial charge in [-0.25, -0.2) is 18.0 Å². The average Bonchev–Trinajstić information content (AvgIpc) is 3.14. The highest BCUT2D eigenvalue weighted by molar-refractivity contribution is 7.91. The molecule has 2 fully saturated rings. The van der Waals surface area contributed by atoms with Crippen LogP contribution in [0.1, 0.15) is 78.6 Å². The van der Waals surface area contributed by atoms with Crippen molar-refractivity contribution in [1.29, 1.82) is 0 Å². The molecule has 14 nitrogen and oxygen atoms in total. The summed E-state index contributed by atoms with van der Waals surface area (Å²) in [5.74, 6) is -5.85. The Morgan fingerprint density at radius 2 is 1.80 bits per heavy atom. The smallest absolute Gasteiger partial charge is 0.408 e. The molecule has 0 aliphatic carbocycles. The van der Waals surface area contributed by atoms with Gasteiger partial charge in [-0.3, -0.25) is 14.4 Å². The van der Waals surface area contributed by atoms with Gasteiger partial charge in [-0.15, -0.1) is 0 Å². The molecule has 3 aliphatic heterocycles. The van der Waals surface area contributed by atoms with Crippen LogP contribution in [0.3, 0.4) is 0 Å². The number of alkyl carbamates (subject to hydrolysis) is 1. The first-order valence-electron chi connectivity index (χ1n) is 17.8. The molecular formula is C38H42F3N5O9S. The first-order valence-corrected chi connectivity index (χ1v) is 18.9. The van der Waals surface area contributed by atoms with Crippen LogP contribution in [0.4, 0.5) is 18.0 Å². The third-order valence-corrected chi connectivity index (χ3v) is 11.5. The van der Waals surface area contributed by atoms with Crippen molar-refractivity contribution in [2.45, 2.75) is 82.3 Å². The number of hydrogen-bond acceptors (Lipinski definition) is 10. The van der Waals surface area contributed by atoms with Crippen LogP contribution in [-0.4, -0.2) is 87.1 Å². The minimum atomic E-state index is -1.81. The standard InChI is InChI=1S/C38H42F3N5O9S/c1-37(2,3)56(51)44-27-15-30(53-19-28(27)43-36(50)54-18-21-9-7-6-8-10-21)55-33-31-35(49)45(5)38(4)11-12-52-20-29(38)46(31)17-24(32(33)47)34(48)42-16-23-25(40)13-22(39)14-26(23)41/h6-10,13-14,17,28-30H,11-12,15-16,18-20H2,1-5H3,(H,42,48)(H,43,50)/t28-,29-,30?,38+,56?/m0/s1. The highest BCUT2D eigenvalue weighted by Crippen LogP contribution is 2.42. The van der Waals surface area contributed by atoms with E-state index < -0.39 is 104 Å². The lowest BCUT2D eigenvalue weighted by Gasteiger charge is -2.52. The summed E-state index contributed by atoms with van der Waals surface area (Å²) in [4.78, 5) is 56.3. The molecule has 1 aromatic heterocycles. The quantitative estimate of drug-likeness (QED) is 0.299. The molecule has 6 rings (SSSR count). The summed E-state index contributed by atoms with van der Waals surface area (Å²) in [5.41, 5.74) is -2.29. The summed E-state index contributed by atoms with van der Waals surface area (Å²) in [6, 6.07) is 8.39. The number of amides is 3. The number of nitrogens with zero attached hydrogens (tertiary/aromatic N) is 3. The van der Waals surface area contributed by atoms with Crippen molar-refractivity contribution in [3.8, 4) is 5.75 Å². The fourth-order valence-corrected chi connectivity index (χ4v) is 7.26. The van der Waals surface area contributed by atoms with Gasteiger partial charge in [-0.2, -0.15) is 0 Å². The molecule has 18 heteroatoms. The van der Waals surface area contributed by atoms with E-state index in [1.54, 1.807) is 52.1 Å². The van der Waals surface area contributed by atoms with Crippen molar-refractivity contribution in [2.75, 3.05) is 26.9 Å². The molecule has 0 saturated carbocycles. The molecule has 0 bridgehead atoms. The molecular weight excluding hydrogens is 760 g/mol. The molecule has 3 aliphatic rings. The molecule has 56 heavy (non-hydrogen) atoms. The Kier molecular flexibility index (Phi) is 11.8. The molecule has 5 atom stereocenters. The van der Waals surface area contributed by atoms with E-state index in [2.05, 4.69) is 15.0 Å². The first-order chi connectivity index (χ1) is 26.5. The van der Waals surface area contributed by atoms with Crippen LogP contribution in [0, 0.1) is 17.5 Å². The van der Waals surface area contributed by atoms with Gasteiger partial charge in [-0.05, 0) is 39.7 Å². The Labute approximate surface area is 323 Å². The number of hydrogen-bond donors (Lipinski definition) is 2. The Morgan fingerprint density at radius 3 is 2.48 bits per heavy atom. The van der Waals surface area contributed by atoms with Crippen molar-refractivity contribution in [3.05, 3.63) is 98.7 Å². The maximum atomic E-state index is 14.4. The van der Waals surface area contributed by atoms with Gasteiger partial charge < -0.3 is 43.6 Å². The zero-order valence-electron chi connectivity index (χ0n) is 31.4. The SMILES string of the molecule is CN1C(=O)c2c(OC3CC(=N[S+]([O-])C(C)(C)C)[C@@H](NC(=O)OCc4ccccc4)CO3)c(=O)c(C(=O)NCc3c(F)cc(F)cc3F)cn2[C@H]2COCC[C@]21C. The Balaban J connectivity index is 1.33. The first kappa shape index (κ1) is 40.7. The largest absolute Gasteiger partial charge is 0.591 e. The van der Waals surface area contributed by atoms with Gasteiger partial charge >= 0.3 is 6.09 Å².